The normalized spacial score (nSPS) is 14.5. The van der Waals surface area contributed by atoms with Gasteiger partial charge in [-0.25, -0.2) is 4.98 Å². The second kappa shape index (κ2) is 9.12. The molecule has 6 rings (SSSR count). The molecule has 0 saturated heterocycles. The molecule has 2 nitrogen and oxygen atoms in total. The molecule has 0 aliphatic rings. The van der Waals surface area contributed by atoms with Gasteiger partial charge in [0.25, 0.3) is 0 Å². The molecule has 4 aromatic carbocycles. The zero-order chi connectivity index (χ0) is 24.0. The molecule has 0 bridgehead atoms. The number of unbranched alkanes of at least 4 members (excludes halogenated alkanes) is 1. The third kappa shape index (κ3) is 3.72. The first kappa shape index (κ1) is 22.8. The monoisotopic (exact) mass is 559 g/mol. The van der Waals surface area contributed by atoms with Gasteiger partial charge in [0.1, 0.15) is 15.7 Å². The number of hydrogen-bond acceptors (Lipinski definition) is 3. The van der Waals surface area contributed by atoms with Crippen molar-refractivity contribution in [2.75, 3.05) is 6.26 Å². The van der Waals surface area contributed by atoms with Crippen molar-refractivity contribution in [1.29, 1.82) is 0 Å². The molecule has 0 amide bonds. The summed E-state index contributed by atoms with van der Waals surface area (Å²) in [7, 11) is -1.73. The molecule has 0 spiro atoms. The predicted molar refractivity (Wildman–Crippen MR) is 154 cm³/mol. The molecule has 6 aromatic rings. The Morgan fingerprint density at radius 2 is 1.57 bits per heavy atom. The number of aryl methyl sites for hydroxylation is 1. The molecule has 0 aliphatic carbocycles. The van der Waals surface area contributed by atoms with Crippen molar-refractivity contribution < 1.29 is 4.42 Å². The first-order valence-electron chi connectivity index (χ1n) is 11.9. The maximum absolute atomic E-state index is 6.59. The SMILES string of the molecule is CCCCc1oc2ccccc2c1S(C)(c1nc2ccccc2s1)c1ccc(Br)c2ccccc12. The van der Waals surface area contributed by atoms with Crippen LogP contribution in [0.5, 0.6) is 0 Å². The second-order valence-corrected chi connectivity index (χ2v) is 14.1. The molecule has 1 atom stereocenters. The highest BCUT2D eigenvalue weighted by Crippen LogP contribution is 2.71. The fraction of sp³-hybridized carbons (Fsp3) is 0.167. The number of thiazole rings is 1. The highest BCUT2D eigenvalue weighted by molar-refractivity contribution is 9.10. The molecule has 5 heteroatoms. The van der Waals surface area contributed by atoms with Gasteiger partial charge in [-0.15, -0.1) is 21.4 Å². The van der Waals surface area contributed by atoms with Gasteiger partial charge in [0.15, 0.2) is 0 Å². The van der Waals surface area contributed by atoms with Crippen LogP contribution in [0.15, 0.2) is 108 Å². The Labute approximate surface area is 219 Å². The summed E-state index contributed by atoms with van der Waals surface area (Å²) in [4.78, 5) is 7.94. The van der Waals surface area contributed by atoms with Gasteiger partial charge >= 0.3 is 0 Å². The molecule has 0 N–H and O–H groups in total. The van der Waals surface area contributed by atoms with E-state index in [0.29, 0.717) is 0 Å². The number of para-hydroxylation sites is 2. The molecule has 0 aliphatic heterocycles. The van der Waals surface area contributed by atoms with Gasteiger partial charge in [-0.3, -0.25) is 0 Å². The summed E-state index contributed by atoms with van der Waals surface area (Å²) in [5, 5.41) is 3.71. The lowest BCUT2D eigenvalue weighted by molar-refractivity contribution is 0.525. The van der Waals surface area contributed by atoms with E-state index >= 15 is 0 Å². The average Bonchev–Trinajstić information content (AvgIpc) is 3.49. The van der Waals surface area contributed by atoms with Crippen molar-refractivity contribution in [3.8, 4) is 0 Å². The molecule has 2 aromatic heterocycles. The second-order valence-electron chi connectivity index (χ2n) is 8.91. The molecule has 0 saturated carbocycles. The van der Waals surface area contributed by atoms with Crippen LogP contribution in [0.1, 0.15) is 25.5 Å². The van der Waals surface area contributed by atoms with Crippen molar-refractivity contribution >= 4 is 69.3 Å². The van der Waals surface area contributed by atoms with E-state index in [-0.39, 0.29) is 0 Å². The molecular formula is C30H26BrNOS2. The Balaban J connectivity index is 1.75. The van der Waals surface area contributed by atoms with E-state index in [4.69, 9.17) is 9.40 Å². The van der Waals surface area contributed by atoms with Crippen LogP contribution in [0, 0.1) is 0 Å². The Morgan fingerprint density at radius 1 is 0.857 bits per heavy atom. The van der Waals surface area contributed by atoms with Gasteiger partial charge in [0, 0.05) is 26.1 Å². The van der Waals surface area contributed by atoms with Crippen molar-refractivity contribution in [3.05, 3.63) is 95.2 Å². The summed E-state index contributed by atoms with van der Waals surface area (Å²) in [6.07, 6.45) is 5.59. The third-order valence-electron chi connectivity index (χ3n) is 6.68. The molecular weight excluding hydrogens is 534 g/mol. The van der Waals surface area contributed by atoms with Gasteiger partial charge in [-0.2, -0.15) is 0 Å². The lowest BCUT2D eigenvalue weighted by Crippen LogP contribution is -2.04. The van der Waals surface area contributed by atoms with Gasteiger partial charge in [-0.05, 0) is 53.8 Å². The smallest absolute Gasteiger partial charge is 0.141 e. The highest BCUT2D eigenvalue weighted by Gasteiger charge is 2.36. The van der Waals surface area contributed by atoms with E-state index in [0.717, 1.165) is 40.6 Å². The number of hydrogen-bond donors (Lipinski definition) is 0. The molecule has 2 heterocycles. The van der Waals surface area contributed by atoms with Gasteiger partial charge in [0.2, 0.25) is 0 Å². The molecule has 0 radical (unpaired) electrons. The fourth-order valence-corrected chi connectivity index (χ4v) is 10.6. The van der Waals surface area contributed by atoms with Crippen LogP contribution >= 0.6 is 37.3 Å². The maximum Gasteiger partial charge on any atom is 0.141 e. The third-order valence-corrected chi connectivity index (χ3v) is 12.7. The molecule has 0 fully saturated rings. The average molecular weight is 561 g/mol. The zero-order valence-corrected chi connectivity index (χ0v) is 23.0. The molecule has 176 valence electrons. The van der Waals surface area contributed by atoms with E-state index < -0.39 is 10.0 Å². The number of nitrogens with zero attached hydrogens (tertiary/aromatic N) is 1. The number of aromatic nitrogens is 1. The topological polar surface area (TPSA) is 26.0 Å². The summed E-state index contributed by atoms with van der Waals surface area (Å²) in [5.41, 5.74) is 2.03. The summed E-state index contributed by atoms with van der Waals surface area (Å²) in [6.45, 7) is 2.24. The van der Waals surface area contributed by atoms with E-state index in [1.165, 1.54) is 35.0 Å². The largest absolute Gasteiger partial charge is 0.460 e. The number of fused-ring (bicyclic) bond motifs is 3. The van der Waals surface area contributed by atoms with Crippen LogP contribution in [0.2, 0.25) is 0 Å². The minimum absolute atomic E-state index is 0.933. The first-order chi connectivity index (χ1) is 17.1. The Kier molecular flexibility index (Phi) is 5.95. The Bertz CT molecular complexity index is 1650. The summed E-state index contributed by atoms with van der Waals surface area (Å²) in [6, 6.07) is 30.2. The Morgan fingerprint density at radius 3 is 2.37 bits per heavy atom. The maximum atomic E-state index is 6.59. The van der Waals surface area contributed by atoms with Crippen LogP contribution < -0.4 is 0 Å². The van der Waals surface area contributed by atoms with Gasteiger partial charge in [0.05, 0.1) is 10.2 Å². The summed E-state index contributed by atoms with van der Waals surface area (Å²) >= 11 is 5.62. The summed E-state index contributed by atoms with van der Waals surface area (Å²) in [5.74, 6) is 1.11. The number of halogens is 1. The predicted octanol–water partition coefficient (Wildman–Crippen LogP) is 10.2. The number of rotatable bonds is 6. The van der Waals surface area contributed by atoms with Crippen LogP contribution in [-0.2, 0) is 6.42 Å². The lowest BCUT2D eigenvalue weighted by atomic mass is 10.1. The van der Waals surface area contributed by atoms with Crippen LogP contribution in [-0.4, -0.2) is 11.2 Å². The number of furan rings is 1. The van der Waals surface area contributed by atoms with Crippen LogP contribution in [0.25, 0.3) is 32.0 Å². The van der Waals surface area contributed by atoms with Crippen molar-refractivity contribution in [3.63, 3.8) is 0 Å². The van der Waals surface area contributed by atoms with Gasteiger partial charge in [-0.1, -0.05) is 83.9 Å². The molecule has 35 heavy (non-hydrogen) atoms. The fourth-order valence-electron chi connectivity index (χ4n) is 4.93. The van der Waals surface area contributed by atoms with E-state index in [1.54, 1.807) is 0 Å². The zero-order valence-electron chi connectivity index (χ0n) is 19.8. The number of benzene rings is 4. The quantitative estimate of drug-likeness (QED) is 0.203. The lowest BCUT2D eigenvalue weighted by Gasteiger charge is -2.36. The van der Waals surface area contributed by atoms with E-state index in [9.17, 15) is 0 Å². The van der Waals surface area contributed by atoms with Crippen LogP contribution in [0.4, 0.5) is 0 Å². The molecule has 1 unspecified atom stereocenters. The van der Waals surface area contributed by atoms with E-state index in [1.807, 2.05) is 11.3 Å². The van der Waals surface area contributed by atoms with Crippen molar-refractivity contribution in [1.82, 2.24) is 4.98 Å². The standard InChI is InChI=1S/C30H26BrNOS2/c1-3-4-15-26-29(22-13-7-9-16-25(22)33-26)35(2,30-32-24-14-8-10-17-27(24)34-30)28-19-18-23(31)20-11-5-6-12-21(20)28/h5-14,16-19H,3-4,15H2,1-2H3. The van der Waals surface area contributed by atoms with Crippen molar-refractivity contribution in [2.45, 2.75) is 40.3 Å². The Hall–Kier alpha value is -2.60. The van der Waals surface area contributed by atoms with Crippen molar-refractivity contribution in [2.24, 2.45) is 0 Å². The van der Waals surface area contributed by atoms with Gasteiger partial charge < -0.3 is 4.42 Å². The minimum Gasteiger partial charge on any atom is -0.460 e. The van der Waals surface area contributed by atoms with Crippen LogP contribution in [0.3, 0.4) is 0 Å². The van der Waals surface area contributed by atoms with E-state index in [2.05, 4.69) is 114 Å². The summed E-state index contributed by atoms with van der Waals surface area (Å²) < 4.78 is 10.1. The minimum atomic E-state index is -1.73. The first-order valence-corrected chi connectivity index (χ1v) is 15.6. The highest BCUT2D eigenvalue weighted by atomic mass is 79.9.